The van der Waals surface area contributed by atoms with Gasteiger partial charge in [0.25, 0.3) is 0 Å². The Morgan fingerprint density at radius 2 is 1.14 bits per heavy atom. The average molecular weight is 727 g/mol. The van der Waals surface area contributed by atoms with Crippen molar-refractivity contribution in [2.45, 2.75) is 117 Å². The molecule has 0 aromatic heterocycles. The van der Waals surface area contributed by atoms with Crippen molar-refractivity contribution in [1.29, 1.82) is 0 Å². The van der Waals surface area contributed by atoms with E-state index in [1.165, 1.54) is 0 Å². The Hall–Kier alpha value is -1.58. The van der Waals surface area contributed by atoms with Gasteiger partial charge in [-0.05, 0) is 5.56 Å². The van der Waals surface area contributed by atoms with Crippen molar-refractivity contribution in [3.8, 4) is 0 Å². The average Bonchev–Trinajstić information content (AvgIpc) is 3.41. The van der Waals surface area contributed by atoms with Crippen LogP contribution in [0.3, 0.4) is 0 Å². The lowest BCUT2D eigenvalue weighted by molar-refractivity contribution is -0.381. The van der Waals surface area contributed by atoms with Crippen molar-refractivity contribution in [2.75, 3.05) is 33.0 Å². The summed E-state index contributed by atoms with van der Waals surface area (Å²) < 4.78 is 44.8. The molecule has 286 valence electrons. The summed E-state index contributed by atoms with van der Waals surface area (Å²) in [5.41, 5.74) is -1.31. The van der Waals surface area contributed by atoms with Crippen LogP contribution in [0.25, 0.3) is 0 Å². The topological polar surface area (TPSA) is 317 Å². The van der Waals surface area contributed by atoms with E-state index in [4.69, 9.17) is 37.9 Å². The number of benzene rings is 1. The number of aliphatic hydroxyl groups is 12. The van der Waals surface area contributed by atoms with Gasteiger partial charge in [0.2, 0.25) is 0 Å². The molecule has 4 saturated heterocycles. The summed E-state index contributed by atoms with van der Waals surface area (Å²) in [5, 5.41) is 125. The quantitative estimate of drug-likeness (QED) is 0.0898. The third kappa shape index (κ3) is 8.30. The highest BCUT2D eigenvalue weighted by atomic mass is 16.8. The molecule has 1 aromatic carbocycles. The molecule has 1 aromatic rings. The van der Waals surface area contributed by atoms with Crippen molar-refractivity contribution in [1.82, 2.24) is 0 Å². The molecule has 4 aliphatic rings. The van der Waals surface area contributed by atoms with E-state index >= 15 is 0 Å². The first-order valence-electron chi connectivity index (χ1n) is 16.0. The summed E-state index contributed by atoms with van der Waals surface area (Å²) in [4.78, 5) is 0. The van der Waals surface area contributed by atoms with Crippen molar-refractivity contribution in [2.24, 2.45) is 0 Å². The molecule has 4 heterocycles. The molecule has 0 saturated carbocycles. The minimum absolute atomic E-state index is 0.0486. The zero-order chi connectivity index (χ0) is 36.3. The van der Waals surface area contributed by atoms with Crippen molar-refractivity contribution in [3.63, 3.8) is 0 Å². The Labute approximate surface area is 285 Å². The fourth-order valence-corrected chi connectivity index (χ4v) is 6.05. The van der Waals surface area contributed by atoms with E-state index in [9.17, 15) is 61.3 Å². The van der Waals surface area contributed by atoms with Gasteiger partial charge in [-0.2, -0.15) is 0 Å². The first-order valence-corrected chi connectivity index (χ1v) is 16.0. The molecule has 18 unspecified atom stereocenters. The van der Waals surface area contributed by atoms with Crippen LogP contribution < -0.4 is 0 Å². The fraction of sp³-hybridized carbons (Fsp3) is 0.800. The van der Waals surface area contributed by atoms with E-state index in [1.807, 2.05) is 0 Å². The lowest BCUT2D eigenvalue weighted by Crippen LogP contribution is -2.66. The molecule has 0 radical (unpaired) electrons. The van der Waals surface area contributed by atoms with Crippen molar-refractivity contribution >= 4 is 0 Å². The minimum Gasteiger partial charge on any atom is -0.394 e. The number of ether oxygens (including phenoxy) is 8. The monoisotopic (exact) mass is 726 g/mol. The zero-order valence-corrected chi connectivity index (χ0v) is 26.6. The first-order chi connectivity index (χ1) is 23.8. The predicted octanol–water partition coefficient (Wildman–Crippen LogP) is -6.88. The third-order valence-electron chi connectivity index (χ3n) is 9.15. The van der Waals surface area contributed by atoms with Crippen LogP contribution in [0.4, 0.5) is 0 Å². The highest BCUT2D eigenvalue weighted by molar-refractivity contribution is 5.13. The molecule has 4 aliphatic heterocycles. The first kappa shape index (κ1) is 39.6. The van der Waals surface area contributed by atoms with Crippen LogP contribution in [0.5, 0.6) is 0 Å². The van der Waals surface area contributed by atoms with E-state index in [0.29, 0.717) is 5.56 Å². The molecule has 12 N–H and O–H groups in total. The highest BCUT2D eigenvalue weighted by Gasteiger charge is 2.54. The summed E-state index contributed by atoms with van der Waals surface area (Å²) in [6, 6.07) is 8.80. The molecular formula is C30H46O20. The summed E-state index contributed by atoms with van der Waals surface area (Å²) in [5.74, 6) is 0. The lowest BCUT2D eigenvalue weighted by atomic mass is 9.96. The highest BCUT2D eigenvalue weighted by Crippen LogP contribution is 2.34. The van der Waals surface area contributed by atoms with Crippen LogP contribution in [-0.4, -0.2) is 204 Å². The molecule has 20 nitrogen and oxygen atoms in total. The van der Waals surface area contributed by atoms with Gasteiger partial charge in [-0.3, -0.25) is 0 Å². The molecule has 18 atom stereocenters. The maximum Gasteiger partial charge on any atom is 0.187 e. The number of aliphatic hydroxyl groups excluding tert-OH is 11. The molecule has 0 aliphatic carbocycles. The molecule has 0 amide bonds. The molecule has 4 fully saturated rings. The summed E-state index contributed by atoms with van der Waals surface area (Å²) >= 11 is 0. The Bertz CT molecular complexity index is 1180. The van der Waals surface area contributed by atoms with Gasteiger partial charge in [0.05, 0.1) is 39.6 Å². The molecule has 20 heteroatoms. The molecular weight excluding hydrogens is 680 g/mol. The Morgan fingerprint density at radius 3 is 1.72 bits per heavy atom. The molecule has 0 spiro atoms. The van der Waals surface area contributed by atoms with Gasteiger partial charge in [0, 0.05) is 0 Å². The summed E-state index contributed by atoms with van der Waals surface area (Å²) in [7, 11) is 0. The Morgan fingerprint density at radius 1 is 0.600 bits per heavy atom. The van der Waals surface area contributed by atoms with Crippen LogP contribution in [0.1, 0.15) is 5.56 Å². The maximum atomic E-state index is 11.2. The summed E-state index contributed by atoms with van der Waals surface area (Å²) in [6.07, 6.45) is -28.7. The third-order valence-corrected chi connectivity index (χ3v) is 9.15. The van der Waals surface area contributed by atoms with Crippen LogP contribution >= 0.6 is 0 Å². The smallest absolute Gasteiger partial charge is 0.187 e. The molecule has 0 bridgehead atoms. The number of hydrogen-bond acceptors (Lipinski definition) is 20. The van der Waals surface area contributed by atoms with Gasteiger partial charge in [-0.15, -0.1) is 0 Å². The Kier molecular flexibility index (Phi) is 13.5. The van der Waals surface area contributed by atoms with Gasteiger partial charge in [-0.25, -0.2) is 0 Å². The predicted molar refractivity (Wildman–Crippen MR) is 157 cm³/mol. The maximum absolute atomic E-state index is 11.2. The normalized spacial score (nSPS) is 47.0. The number of rotatable bonds is 13. The van der Waals surface area contributed by atoms with Crippen LogP contribution in [0.15, 0.2) is 30.3 Å². The van der Waals surface area contributed by atoms with Gasteiger partial charge in [0.1, 0.15) is 85.0 Å². The molecule has 5 rings (SSSR count). The Balaban J connectivity index is 1.30. The standard InChI is InChI=1S/C30H46O20/c31-6-13-16(34)17(35)20(38)27(46-13)49-23-14(7-32)47-28(22(40)19(23)37)50-24-15(9-44-29-25(41)30(42,10-33)11-45-29)48-26(21(39)18(24)36)43-8-12-4-2-1-3-5-12/h1-5,13-29,31-42H,6-11H2. The van der Waals surface area contributed by atoms with Crippen molar-refractivity contribution < 1.29 is 99.2 Å². The van der Waals surface area contributed by atoms with Crippen molar-refractivity contribution in [3.05, 3.63) is 35.9 Å². The fourth-order valence-electron chi connectivity index (χ4n) is 6.05. The number of hydrogen-bond donors (Lipinski definition) is 12. The van der Waals surface area contributed by atoms with Gasteiger partial charge >= 0.3 is 0 Å². The van der Waals surface area contributed by atoms with Crippen LogP contribution in [0, 0.1) is 0 Å². The van der Waals surface area contributed by atoms with E-state index in [0.717, 1.165) is 0 Å². The van der Waals surface area contributed by atoms with Crippen LogP contribution in [-0.2, 0) is 44.5 Å². The zero-order valence-electron chi connectivity index (χ0n) is 26.6. The second kappa shape index (κ2) is 17.0. The SMILES string of the molecule is OCC1OC(OC2C(CO)OC(OC3C(COC4OCC(O)(CO)C4O)OC(OCc4ccccc4)C(O)C3O)C(O)C2O)C(O)C(O)C1O. The largest absolute Gasteiger partial charge is 0.394 e. The summed E-state index contributed by atoms with van der Waals surface area (Å²) in [6.45, 7) is -3.56. The van der Waals surface area contributed by atoms with Gasteiger partial charge in [0.15, 0.2) is 25.2 Å². The van der Waals surface area contributed by atoms with E-state index in [-0.39, 0.29) is 6.61 Å². The lowest BCUT2D eigenvalue weighted by Gasteiger charge is -2.48. The second-order valence-corrected chi connectivity index (χ2v) is 12.6. The second-order valence-electron chi connectivity index (χ2n) is 12.6. The van der Waals surface area contributed by atoms with Crippen LogP contribution in [0.2, 0.25) is 0 Å². The van der Waals surface area contributed by atoms with E-state index in [2.05, 4.69) is 0 Å². The van der Waals surface area contributed by atoms with Gasteiger partial charge < -0.3 is 99.2 Å². The van der Waals surface area contributed by atoms with E-state index in [1.54, 1.807) is 30.3 Å². The minimum atomic E-state index is -2.02. The molecule has 50 heavy (non-hydrogen) atoms. The van der Waals surface area contributed by atoms with Gasteiger partial charge in [-0.1, -0.05) is 30.3 Å². The van der Waals surface area contributed by atoms with E-state index < -0.39 is 143 Å².